The maximum atomic E-state index is 10.6. The van der Waals surface area contributed by atoms with Crippen LogP contribution in [-0.4, -0.2) is 25.6 Å². The zero-order valence-corrected chi connectivity index (χ0v) is 9.59. The molecule has 0 radical (unpaired) electrons. The molecule has 0 aliphatic rings. The highest BCUT2D eigenvalue weighted by Crippen LogP contribution is 2.13. The molecular formula is C9H9N4O2S-. The summed E-state index contributed by atoms with van der Waals surface area (Å²) in [5, 5.41) is 13.4. The van der Waals surface area contributed by atoms with Gasteiger partial charge in [0.15, 0.2) is 0 Å². The number of rotatable bonds is 2. The summed E-state index contributed by atoms with van der Waals surface area (Å²) in [5.74, 6) is -0.687. The van der Waals surface area contributed by atoms with Crippen molar-refractivity contribution in [3.05, 3.63) is 21.7 Å². The molecule has 2 heterocycles. The Hall–Kier alpha value is -1.76. The van der Waals surface area contributed by atoms with Crippen LogP contribution in [0.4, 0.5) is 0 Å². The van der Waals surface area contributed by atoms with E-state index in [0.29, 0.717) is 21.8 Å². The third-order valence-corrected chi connectivity index (χ3v) is 2.59. The van der Waals surface area contributed by atoms with E-state index < -0.39 is 5.97 Å². The number of nitrogens with one attached hydrogen (secondary N) is 1. The van der Waals surface area contributed by atoms with Crippen LogP contribution in [0.15, 0.2) is 0 Å². The summed E-state index contributed by atoms with van der Waals surface area (Å²) in [6.45, 7) is 3.52. The zero-order valence-electron chi connectivity index (χ0n) is 8.77. The number of carbonyl (C=O) groups is 1. The first kappa shape index (κ1) is 10.7. The van der Waals surface area contributed by atoms with E-state index in [9.17, 15) is 9.90 Å². The fraction of sp³-hybridized carbons (Fsp3) is 0.333. The van der Waals surface area contributed by atoms with Crippen LogP contribution < -0.4 is 5.11 Å². The highest BCUT2D eigenvalue weighted by molar-refractivity contribution is 7.71. The van der Waals surface area contributed by atoms with Gasteiger partial charge in [-0.15, -0.1) is 0 Å². The van der Waals surface area contributed by atoms with E-state index in [1.165, 1.54) is 0 Å². The number of fused-ring (bicyclic) bond motifs is 1. The predicted molar refractivity (Wildman–Crippen MR) is 56.4 cm³/mol. The Morgan fingerprint density at radius 2 is 2.19 bits per heavy atom. The maximum Gasteiger partial charge on any atom is 0.252 e. The Bertz CT molecular complexity index is 628. The number of H-pyrrole nitrogens is 1. The van der Waals surface area contributed by atoms with Gasteiger partial charge in [-0.2, -0.15) is 4.98 Å². The molecule has 2 aromatic heterocycles. The molecule has 0 bridgehead atoms. The molecule has 1 N–H and O–H groups in total. The van der Waals surface area contributed by atoms with Gasteiger partial charge in [0.05, 0.1) is 0 Å². The lowest BCUT2D eigenvalue weighted by molar-refractivity contribution is -0.304. The van der Waals surface area contributed by atoms with Gasteiger partial charge in [0.1, 0.15) is 0 Å². The fourth-order valence-corrected chi connectivity index (χ4v) is 1.81. The minimum absolute atomic E-state index is 0.167. The number of nitrogens with zero attached hydrogens (tertiary/aromatic N) is 3. The molecule has 0 saturated heterocycles. The lowest BCUT2D eigenvalue weighted by atomic mass is 10.1. The lowest BCUT2D eigenvalue weighted by Gasteiger charge is -2.10. The number of carbonyl (C=O) groups excluding carboxylic acids is 1. The van der Waals surface area contributed by atoms with Crippen molar-refractivity contribution in [3.63, 3.8) is 0 Å². The van der Waals surface area contributed by atoms with Crippen molar-refractivity contribution < 1.29 is 9.90 Å². The zero-order chi connectivity index (χ0) is 11.9. The van der Waals surface area contributed by atoms with E-state index in [0.717, 1.165) is 5.69 Å². The van der Waals surface area contributed by atoms with Gasteiger partial charge in [0, 0.05) is 29.3 Å². The second-order valence-corrected chi connectivity index (χ2v) is 3.86. The van der Waals surface area contributed by atoms with Crippen LogP contribution in [-0.2, 0) is 11.2 Å². The number of aliphatic carboxylic acids is 1. The Morgan fingerprint density at radius 1 is 1.50 bits per heavy atom. The number of hydrogen-bond donors (Lipinski definition) is 1. The largest absolute Gasteiger partial charge is 0.550 e. The average molecular weight is 237 g/mol. The minimum Gasteiger partial charge on any atom is -0.550 e. The monoisotopic (exact) mass is 237 g/mol. The van der Waals surface area contributed by atoms with Crippen LogP contribution >= 0.6 is 12.2 Å². The summed E-state index contributed by atoms with van der Waals surface area (Å²) in [7, 11) is 0. The molecular weight excluding hydrogens is 228 g/mol. The van der Waals surface area contributed by atoms with E-state index in [4.69, 9.17) is 12.2 Å². The van der Waals surface area contributed by atoms with E-state index in [2.05, 4.69) is 15.1 Å². The van der Waals surface area contributed by atoms with Crippen LogP contribution in [0.25, 0.3) is 5.78 Å². The number of aryl methyl sites for hydroxylation is 2. The van der Waals surface area contributed by atoms with Gasteiger partial charge in [-0.25, -0.2) is 9.50 Å². The molecule has 0 spiro atoms. The molecule has 2 aromatic rings. The minimum atomic E-state index is -1.13. The van der Waals surface area contributed by atoms with Crippen LogP contribution in [0, 0.1) is 18.6 Å². The van der Waals surface area contributed by atoms with E-state index in [-0.39, 0.29) is 6.42 Å². The molecule has 0 aliphatic heterocycles. The van der Waals surface area contributed by atoms with Crippen LogP contribution in [0.5, 0.6) is 0 Å². The first-order chi connectivity index (χ1) is 7.49. The van der Waals surface area contributed by atoms with E-state index >= 15 is 0 Å². The third kappa shape index (κ3) is 1.69. The standard InChI is InChI=1S/C9H10N4O2S/c1-4-6(3-7(14)15)5(2)13-8(10-4)11-9(16)12-13/h3H2,1-2H3,(H,12,16)(H,14,15)/p-1. The van der Waals surface area contributed by atoms with Gasteiger partial charge in [0.25, 0.3) is 5.78 Å². The van der Waals surface area contributed by atoms with Gasteiger partial charge in [0.2, 0.25) is 4.77 Å². The van der Waals surface area contributed by atoms with Gasteiger partial charge in [-0.05, 0) is 26.1 Å². The Labute approximate surface area is 96.0 Å². The molecule has 0 atom stereocenters. The van der Waals surface area contributed by atoms with E-state index in [1.807, 2.05) is 0 Å². The highest BCUT2D eigenvalue weighted by atomic mass is 32.1. The van der Waals surface area contributed by atoms with Crippen LogP contribution in [0.2, 0.25) is 0 Å². The van der Waals surface area contributed by atoms with Crippen molar-refractivity contribution in [2.75, 3.05) is 0 Å². The normalized spacial score (nSPS) is 10.9. The molecule has 16 heavy (non-hydrogen) atoms. The van der Waals surface area contributed by atoms with Gasteiger partial charge in [-0.1, -0.05) is 0 Å². The molecule has 6 nitrogen and oxygen atoms in total. The lowest BCUT2D eigenvalue weighted by Crippen LogP contribution is -2.26. The summed E-state index contributed by atoms with van der Waals surface area (Å²) in [4.78, 5) is 18.8. The number of carboxylic acid groups (broad SMARTS) is 1. The first-order valence-electron chi connectivity index (χ1n) is 4.63. The number of aromatic amines is 1. The van der Waals surface area contributed by atoms with Crippen molar-refractivity contribution in [3.8, 4) is 0 Å². The van der Waals surface area contributed by atoms with Crippen molar-refractivity contribution in [2.24, 2.45) is 0 Å². The number of hydrogen-bond acceptors (Lipinski definition) is 5. The van der Waals surface area contributed by atoms with Crippen molar-refractivity contribution >= 4 is 24.0 Å². The summed E-state index contributed by atoms with van der Waals surface area (Å²) in [6.07, 6.45) is -0.167. The fourth-order valence-electron chi connectivity index (χ4n) is 1.63. The molecule has 0 aromatic carbocycles. The third-order valence-electron chi connectivity index (χ3n) is 2.41. The molecule has 84 valence electrons. The Morgan fingerprint density at radius 3 is 2.81 bits per heavy atom. The molecule has 0 aliphatic carbocycles. The summed E-state index contributed by atoms with van der Waals surface area (Å²) >= 11 is 4.89. The quantitative estimate of drug-likeness (QED) is 0.724. The smallest absolute Gasteiger partial charge is 0.252 e. The molecule has 2 rings (SSSR count). The Kier molecular flexibility index (Phi) is 2.47. The topological polar surface area (TPSA) is 86.1 Å². The second-order valence-electron chi connectivity index (χ2n) is 3.47. The molecule has 0 unspecified atom stereocenters. The van der Waals surface area contributed by atoms with Crippen molar-refractivity contribution in [1.29, 1.82) is 0 Å². The van der Waals surface area contributed by atoms with Crippen molar-refractivity contribution in [1.82, 2.24) is 19.6 Å². The molecule has 0 saturated carbocycles. The van der Waals surface area contributed by atoms with Crippen molar-refractivity contribution in [2.45, 2.75) is 20.3 Å². The van der Waals surface area contributed by atoms with Gasteiger partial charge in [-0.3, -0.25) is 5.10 Å². The summed E-state index contributed by atoms with van der Waals surface area (Å²) in [6, 6.07) is 0. The van der Waals surface area contributed by atoms with E-state index in [1.54, 1.807) is 18.4 Å². The highest BCUT2D eigenvalue weighted by Gasteiger charge is 2.10. The average Bonchev–Trinajstić information content (AvgIpc) is 2.53. The summed E-state index contributed by atoms with van der Waals surface area (Å²) < 4.78 is 1.90. The Balaban J connectivity index is 2.74. The molecule has 0 fully saturated rings. The second kappa shape index (κ2) is 3.67. The van der Waals surface area contributed by atoms with Crippen LogP contribution in [0.3, 0.4) is 0 Å². The predicted octanol–water partition coefficient (Wildman–Crippen LogP) is -0.304. The molecule has 0 amide bonds. The molecule has 7 heteroatoms. The van der Waals surface area contributed by atoms with Crippen LogP contribution in [0.1, 0.15) is 17.0 Å². The number of aromatic nitrogens is 4. The summed E-state index contributed by atoms with van der Waals surface area (Å²) in [5.41, 5.74) is 1.98. The first-order valence-corrected chi connectivity index (χ1v) is 5.04. The van der Waals surface area contributed by atoms with Gasteiger partial charge < -0.3 is 9.90 Å². The maximum absolute atomic E-state index is 10.6. The SMILES string of the molecule is Cc1nc2nc(=S)[nH]n2c(C)c1CC(=O)[O-]. The van der Waals surface area contributed by atoms with Gasteiger partial charge >= 0.3 is 0 Å². The number of carboxylic acids is 1.